The Hall–Kier alpha value is -1.68. The summed E-state index contributed by atoms with van der Waals surface area (Å²) in [7, 11) is -21.6. The fourth-order valence-corrected chi connectivity index (χ4v) is 2.44. The highest BCUT2D eigenvalue weighted by molar-refractivity contribution is 7.47. The average Bonchev–Trinajstić information content (AvgIpc) is 2.65. The molecule has 0 fully saturated rings. The van der Waals surface area contributed by atoms with Gasteiger partial charge in [0.25, 0.3) is 0 Å². The first kappa shape index (κ1) is 35.3. The lowest BCUT2D eigenvalue weighted by Crippen LogP contribution is -2.50. The number of esters is 4. The molecule has 0 saturated heterocycles. The molecule has 0 aliphatic rings. The second-order valence-corrected chi connectivity index (χ2v) is 10.4. The molecule has 0 aliphatic heterocycles. The zero-order valence-electron chi connectivity index (χ0n) is 17.2. The van der Waals surface area contributed by atoms with Crippen LogP contribution < -0.4 is 0 Å². The zero-order valence-corrected chi connectivity index (χ0v) is 20.8. The van der Waals surface area contributed by atoms with E-state index in [9.17, 15) is 37.4 Å². The van der Waals surface area contributed by atoms with Crippen LogP contribution in [0.2, 0.25) is 0 Å². The van der Waals surface area contributed by atoms with Crippen molar-refractivity contribution in [2.75, 3.05) is 26.4 Å². The van der Waals surface area contributed by atoms with Gasteiger partial charge in [-0.25, -0.2) is 37.4 Å². The third kappa shape index (κ3) is 20.0. The van der Waals surface area contributed by atoms with Gasteiger partial charge in [0, 0.05) is 0 Å². The van der Waals surface area contributed by atoms with Crippen molar-refractivity contribution in [3.8, 4) is 0 Å². The highest BCUT2D eigenvalue weighted by atomic mass is 31.2. The standard InChI is InChI=1S/C9H16O24P4/c10-5(1-26-34(14,15)16)30-9(31-6(11)2-27-35(17,18)19,32-7(12)3-28-36(20,21)22)33-8(13)4-29-37(23,24)25/h1-4H2,(H2,14,15,16)(H2,17,18,19)(H2,20,21,22)(H2,23,24,25). The Morgan fingerprint density at radius 1 is 0.432 bits per heavy atom. The molecule has 216 valence electrons. The Morgan fingerprint density at radius 3 is 0.730 bits per heavy atom. The van der Waals surface area contributed by atoms with E-state index in [4.69, 9.17) is 39.1 Å². The molecule has 0 spiro atoms. The van der Waals surface area contributed by atoms with E-state index in [0.717, 1.165) is 0 Å². The lowest BCUT2D eigenvalue weighted by molar-refractivity contribution is -0.433. The number of ether oxygens (including phenoxy) is 4. The van der Waals surface area contributed by atoms with Gasteiger partial charge in [0.15, 0.2) is 26.4 Å². The van der Waals surface area contributed by atoms with Crippen molar-refractivity contribution in [2.24, 2.45) is 0 Å². The van der Waals surface area contributed by atoms with Crippen molar-refractivity contribution in [1.29, 1.82) is 0 Å². The normalized spacial score (nSPS) is 13.0. The van der Waals surface area contributed by atoms with E-state index in [-0.39, 0.29) is 0 Å². The number of hydrogen-bond donors (Lipinski definition) is 8. The summed E-state index contributed by atoms with van der Waals surface area (Å²) in [5.41, 5.74) is 0. The third-order valence-corrected chi connectivity index (χ3v) is 4.22. The molecular formula is C9H16O24P4. The van der Waals surface area contributed by atoms with Gasteiger partial charge in [-0.05, 0) is 0 Å². The van der Waals surface area contributed by atoms with Gasteiger partial charge in [-0.1, -0.05) is 0 Å². The number of phosphoric acid groups is 4. The highest BCUT2D eigenvalue weighted by Crippen LogP contribution is 2.38. The van der Waals surface area contributed by atoms with Crippen LogP contribution in [0, 0.1) is 0 Å². The van der Waals surface area contributed by atoms with Crippen LogP contribution in [-0.4, -0.2) is 95.6 Å². The molecule has 28 heteroatoms. The lowest BCUT2D eigenvalue weighted by atomic mass is 10.7. The molecule has 0 atom stereocenters. The van der Waals surface area contributed by atoms with E-state index in [2.05, 4.69) is 37.0 Å². The molecule has 0 aromatic rings. The second-order valence-electron chi connectivity index (χ2n) is 5.45. The Kier molecular flexibility index (Phi) is 13.3. The summed E-state index contributed by atoms with van der Waals surface area (Å²) in [5.74, 6) is -8.45. The van der Waals surface area contributed by atoms with E-state index in [1.807, 2.05) is 0 Å². The maximum absolute atomic E-state index is 11.9. The van der Waals surface area contributed by atoms with Crippen LogP contribution >= 0.6 is 31.3 Å². The fraction of sp³-hybridized carbons (Fsp3) is 0.556. The van der Waals surface area contributed by atoms with Crippen molar-refractivity contribution in [3.05, 3.63) is 0 Å². The Balaban J connectivity index is 6.15. The summed E-state index contributed by atoms with van der Waals surface area (Å²) < 4.78 is 74.3. The van der Waals surface area contributed by atoms with Gasteiger partial charge in [0.1, 0.15) is 0 Å². The number of rotatable bonds is 16. The zero-order chi connectivity index (χ0) is 29.3. The molecule has 0 rings (SSSR count). The van der Waals surface area contributed by atoms with E-state index < -0.39 is 87.8 Å². The Bertz CT molecular complexity index is 857. The van der Waals surface area contributed by atoms with Crippen LogP contribution in [0.5, 0.6) is 0 Å². The van der Waals surface area contributed by atoms with Crippen LogP contribution in [0.15, 0.2) is 0 Å². The largest absolute Gasteiger partial charge is 0.620 e. The van der Waals surface area contributed by atoms with Gasteiger partial charge in [-0.15, -0.1) is 0 Å². The molecule has 0 saturated carbocycles. The molecule has 0 aromatic heterocycles. The molecule has 0 unspecified atom stereocenters. The predicted octanol–water partition coefficient (Wildman–Crippen LogP) is -3.79. The summed E-state index contributed by atoms with van der Waals surface area (Å²) in [4.78, 5) is 116. The maximum Gasteiger partial charge on any atom is 0.620 e. The molecule has 0 aromatic carbocycles. The molecule has 24 nitrogen and oxygen atoms in total. The van der Waals surface area contributed by atoms with E-state index in [1.165, 1.54) is 0 Å². The van der Waals surface area contributed by atoms with Gasteiger partial charge >= 0.3 is 61.3 Å². The summed E-state index contributed by atoms with van der Waals surface area (Å²) in [5, 5.41) is 0. The van der Waals surface area contributed by atoms with Gasteiger partial charge in [-0.2, -0.15) is 0 Å². The fourth-order valence-electron chi connectivity index (χ4n) is 1.35. The predicted molar refractivity (Wildman–Crippen MR) is 99.1 cm³/mol. The summed E-state index contributed by atoms with van der Waals surface area (Å²) in [6.07, 6.45) is -4.24. The van der Waals surface area contributed by atoms with Gasteiger partial charge < -0.3 is 58.1 Å². The molecule has 37 heavy (non-hydrogen) atoms. The van der Waals surface area contributed by atoms with Crippen LogP contribution in [0.3, 0.4) is 0 Å². The monoisotopic (exact) mass is 632 g/mol. The minimum Gasteiger partial charge on any atom is -0.350 e. The second kappa shape index (κ2) is 13.9. The Morgan fingerprint density at radius 2 is 0.595 bits per heavy atom. The number of carbonyl (C=O) groups is 4. The first-order valence-corrected chi connectivity index (χ1v) is 14.2. The topological polar surface area (TPSA) is 372 Å². The average molecular weight is 632 g/mol. The van der Waals surface area contributed by atoms with Crippen molar-refractivity contribution in [3.63, 3.8) is 0 Å². The third-order valence-electron chi connectivity index (χ3n) is 2.36. The summed E-state index contributed by atoms with van der Waals surface area (Å²) >= 11 is 0. The van der Waals surface area contributed by atoms with Gasteiger partial charge in [0.05, 0.1) is 0 Å². The van der Waals surface area contributed by atoms with Gasteiger partial charge in [0.2, 0.25) is 0 Å². The summed E-state index contributed by atoms with van der Waals surface area (Å²) in [6, 6.07) is 0. The van der Waals surface area contributed by atoms with E-state index in [1.54, 1.807) is 0 Å². The Labute approximate surface area is 202 Å². The highest BCUT2D eigenvalue weighted by Gasteiger charge is 2.51. The number of carbonyl (C=O) groups excluding carboxylic acids is 4. The minimum absolute atomic E-state index is 1.78. The van der Waals surface area contributed by atoms with Gasteiger partial charge in [-0.3, -0.25) is 18.1 Å². The van der Waals surface area contributed by atoms with Crippen LogP contribution in [0.4, 0.5) is 0 Å². The smallest absolute Gasteiger partial charge is 0.350 e. The molecular weight excluding hydrogens is 616 g/mol. The van der Waals surface area contributed by atoms with E-state index >= 15 is 0 Å². The van der Waals surface area contributed by atoms with Crippen molar-refractivity contribution in [2.45, 2.75) is 6.16 Å². The lowest BCUT2D eigenvalue weighted by Gasteiger charge is -2.28. The van der Waals surface area contributed by atoms with Crippen LogP contribution in [0.25, 0.3) is 0 Å². The SMILES string of the molecule is O=C(COP(=O)(O)O)OC(OC(=O)COP(=O)(O)O)(OC(=O)COP(=O)(O)O)OC(=O)COP(=O)(O)O. The molecule has 0 amide bonds. The van der Waals surface area contributed by atoms with Crippen molar-refractivity contribution >= 4 is 55.2 Å². The minimum atomic E-state index is -5.40. The molecule has 8 N–H and O–H groups in total. The number of phosphoric ester groups is 4. The first-order chi connectivity index (χ1) is 16.4. The molecule has 0 heterocycles. The first-order valence-electron chi connectivity index (χ1n) is 8.08. The van der Waals surface area contributed by atoms with Crippen molar-refractivity contribution < 1.29 is 114 Å². The quantitative estimate of drug-likeness (QED) is 0.0459. The molecule has 0 bridgehead atoms. The number of hydrogen-bond acceptors (Lipinski definition) is 16. The van der Waals surface area contributed by atoms with Crippen LogP contribution in [0.1, 0.15) is 0 Å². The van der Waals surface area contributed by atoms with E-state index in [0.29, 0.717) is 0 Å². The maximum atomic E-state index is 11.9. The van der Waals surface area contributed by atoms with Crippen LogP contribution in [-0.2, 0) is 74.5 Å². The summed E-state index contributed by atoms with van der Waals surface area (Å²) in [6.45, 7) is -7.13. The molecule has 0 aliphatic carbocycles. The molecule has 0 radical (unpaired) electrons. The van der Waals surface area contributed by atoms with Crippen molar-refractivity contribution in [1.82, 2.24) is 0 Å².